The van der Waals surface area contributed by atoms with Gasteiger partial charge in [-0.15, -0.1) is 11.3 Å². The fourth-order valence-corrected chi connectivity index (χ4v) is 3.68. The van der Waals surface area contributed by atoms with Gasteiger partial charge in [0.15, 0.2) is 4.34 Å². The highest BCUT2D eigenvalue weighted by atomic mass is 32.2. The Kier molecular flexibility index (Phi) is 5.11. The number of ether oxygens (including phenoxy) is 1. The molecule has 0 bridgehead atoms. The van der Waals surface area contributed by atoms with Crippen LogP contribution < -0.4 is 10.1 Å². The SMILES string of the molecule is CCOc1ccc2nc(SCC(=O)NC(C)(C)C)sc2c1. The number of nitrogens with zero attached hydrogens (tertiary/aromatic N) is 1. The predicted molar refractivity (Wildman–Crippen MR) is 89.4 cm³/mol. The van der Waals surface area contributed by atoms with Crippen LogP contribution in [0.2, 0.25) is 0 Å². The summed E-state index contributed by atoms with van der Waals surface area (Å²) < 4.78 is 7.47. The minimum Gasteiger partial charge on any atom is -0.494 e. The molecule has 2 aromatic rings. The summed E-state index contributed by atoms with van der Waals surface area (Å²) in [6, 6.07) is 5.87. The first-order valence-corrected chi connectivity index (χ1v) is 8.65. The fourth-order valence-electron chi connectivity index (χ4n) is 1.78. The van der Waals surface area contributed by atoms with E-state index < -0.39 is 0 Å². The van der Waals surface area contributed by atoms with Gasteiger partial charge in [0.05, 0.1) is 22.6 Å². The molecule has 0 aliphatic heterocycles. The number of thiazole rings is 1. The Morgan fingerprint density at radius 3 is 2.86 bits per heavy atom. The van der Waals surface area contributed by atoms with Crippen molar-refractivity contribution in [2.45, 2.75) is 37.6 Å². The van der Waals surface area contributed by atoms with E-state index in [-0.39, 0.29) is 11.4 Å². The number of thioether (sulfide) groups is 1. The molecular formula is C15H20N2O2S2. The van der Waals surface area contributed by atoms with Crippen LogP contribution in [0.4, 0.5) is 0 Å². The van der Waals surface area contributed by atoms with Crippen molar-refractivity contribution in [3.05, 3.63) is 18.2 Å². The molecule has 0 saturated heterocycles. The van der Waals surface area contributed by atoms with Gasteiger partial charge in [-0.25, -0.2) is 4.98 Å². The highest BCUT2D eigenvalue weighted by molar-refractivity contribution is 8.01. The Balaban J connectivity index is 2.01. The van der Waals surface area contributed by atoms with Crippen molar-refractivity contribution in [2.75, 3.05) is 12.4 Å². The van der Waals surface area contributed by atoms with Crippen molar-refractivity contribution in [3.63, 3.8) is 0 Å². The molecular weight excluding hydrogens is 304 g/mol. The summed E-state index contributed by atoms with van der Waals surface area (Å²) in [7, 11) is 0. The van der Waals surface area contributed by atoms with Crippen LogP contribution in [0, 0.1) is 0 Å². The van der Waals surface area contributed by atoms with E-state index in [1.807, 2.05) is 45.9 Å². The third-order valence-electron chi connectivity index (χ3n) is 2.49. The molecule has 2 rings (SSSR count). The highest BCUT2D eigenvalue weighted by Gasteiger charge is 2.14. The third kappa shape index (κ3) is 4.89. The summed E-state index contributed by atoms with van der Waals surface area (Å²) in [5.41, 5.74) is 0.750. The van der Waals surface area contributed by atoms with E-state index in [9.17, 15) is 4.79 Å². The van der Waals surface area contributed by atoms with E-state index in [1.165, 1.54) is 11.8 Å². The monoisotopic (exact) mass is 324 g/mol. The molecule has 1 amide bonds. The zero-order valence-corrected chi connectivity index (χ0v) is 14.4. The van der Waals surface area contributed by atoms with Crippen LogP contribution >= 0.6 is 23.1 Å². The standard InChI is InChI=1S/C15H20N2O2S2/c1-5-19-10-6-7-11-12(8-10)21-14(16-11)20-9-13(18)17-15(2,3)4/h6-8H,5,9H2,1-4H3,(H,17,18). The molecule has 114 valence electrons. The smallest absolute Gasteiger partial charge is 0.230 e. The average Bonchev–Trinajstić information content (AvgIpc) is 2.77. The average molecular weight is 324 g/mol. The largest absolute Gasteiger partial charge is 0.494 e. The minimum atomic E-state index is -0.197. The van der Waals surface area contributed by atoms with Crippen molar-refractivity contribution in [3.8, 4) is 5.75 Å². The van der Waals surface area contributed by atoms with Crippen molar-refractivity contribution in [2.24, 2.45) is 0 Å². The lowest BCUT2D eigenvalue weighted by Crippen LogP contribution is -2.41. The second kappa shape index (κ2) is 6.66. The van der Waals surface area contributed by atoms with Crippen LogP contribution in [0.1, 0.15) is 27.7 Å². The van der Waals surface area contributed by atoms with Crippen LogP contribution in [-0.4, -0.2) is 28.8 Å². The molecule has 0 aliphatic rings. The molecule has 0 spiro atoms. The second-order valence-electron chi connectivity index (χ2n) is 5.63. The molecule has 0 unspecified atom stereocenters. The Hall–Kier alpha value is -1.27. The first kappa shape index (κ1) is 16.1. The lowest BCUT2D eigenvalue weighted by atomic mass is 10.1. The summed E-state index contributed by atoms with van der Waals surface area (Å²) in [5, 5.41) is 2.95. The van der Waals surface area contributed by atoms with E-state index in [1.54, 1.807) is 11.3 Å². The number of rotatable bonds is 5. The number of aromatic nitrogens is 1. The van der Waals surface area contributed by atoms with Crippen molar-refractivity contribution < 1.29 is 9.53 Å². The molecule has 1 aromatic carbocycles. The summed E-state index contributed by atoms with van der Waals surface area (Å²) >= 11 is 3.06. The summed E-state index contributed by atoms with van der Waals surface area (Å²) in [4.78, 5) is 16.3. The molecule has 0 radical (unpaired) electrons. The normalized spacial score (nSPS) is 11.6. The summed E-state index contributed by atoms with van der Waals surface area (Å²) in [6.45, 7) is 8.54. The molecule has 1 aromatic heterocycles. The van der Waals surface area contributed by atoms with E-state index in [2.05, 4.69) is 10.3 Å². The van der Waals surface area contributed by atoms with Crippen LogP contribution in [-0.2, 0) is 4.79 Å². The molecule has 6 heteroatoms. The fraction of sp³-hybridized carbons (Fsp3) is 0.467. The number of hydrogen-bond donors (Lipinski definition) is 1. The van der Waals surface area contributed by atoms with Gasteiger partial charge >= 0.3 is 0 Å². The van der Waals surface area contributed by atoms with Gasteiger partial charge in [-0.1, -0.05) is 11.8 Å². The first-order valence-electron chi connectivity index (χ1n) is 6.84. The maximum Gasteiger partial charge on any atom is 0.230 e. The summed E-state index contributed by atoms with van der Waals surface area (Å²) in [5.74, 6) is 1.27. The maximum absolute atomic E-state index is 11.8. The van der Waals surface area contributed by atoms with Crippen LogP contribution in [0.3, 0.4) is 0 Å². The first-order chi connectivity index (χ1) is 9.87. The van der Waals surface area contributed by atoms with Gasteiger partial charge in [0.2, 0.25) is 5.91 Å². The van der Waals surface area contributed by atoms with Gasteiger partial charge in [-0.2, -0.15) is 0 Å². The number of carbonyl (C=O) groups excluding carboxylic acids is 1. The topological polar surface area (TPSA) is 51.2 Å². The Labute approximate surface area is 133 Å². The van der Waals surface area contributed by atoms with Gasteiger partial charge in [0.1, 0.15) is 5.75 Å². The van der Waals surface area contributed by atoms with Crippen molar-refractivity contribution >= 4 is 39.2 Å². The zero-order chi connectivity index (χ0) is 15.5. The van der Waals surface area contributed by atoms with Crippen LogP contribution in [0.25, 0.3) is 10.2 Å². The quantitative estimate of drug-likeness (QED) is 0.852. The number of nitrogens with one attached hydrogen (secondary N) is 1. The molecule has 0 atom stereocenters. The van der Waals surface area contributed by atoms with E-state index >= 15 is 0 Å². The second-order valence-corrected chi connectivity index (χ2v) is 7.88. The lowest BCUT2D eigenvalue weighted by molar-refractivity contribution is -0.119. The van der Waals surface area contributed by atoms with Gasteiger partial charge in [-0.05, 0) is 45.9 Å². The Morgan fingerprint density at radius 2 is 2.19 bits per heavy atom. The van der Waals surface area contributed by atoms with E-state index in [0.717, 1.165) is 20.3 Å². The zero-order valence-electron chi connectivity index (χ0n) is 12.7. The molecule has 1 heterocycles. The lowest BCUT2D eigenvalue weighted by Gasteiger charge is -2.19. The number of hydrogen-bond acceptors (Lipinski definition) is 5. The van der Waals surface area contributed by atoms with Gasteiger partial charge < -0.3 is 10.1 Å². The predicted octanol–water partition coefficient (Wildman–Crippen LogP) is 3.70. The van der Waals surface area contributed by atoms with E-state index in [0.29, 0.717) is 12.4 Å². The van der Waals surface area contributed by atoms with Crippen LogP contribution in [0.15, 0.2) is 22.5 Å². The minimum absolute atomic E-state index is 0.0294. The molecule has 4 nitrogen and oxygen atoms in total. The van der Waals surface area contributed by atoms with Gasteiger partial charge in [0, 0.05) is 5.54 Å². The van der Waals surface area contributed by atoms with Gasteiger partial charge in [0.25, 0.3) is 0 Å². The number of benzene rings is 1. The maximum atomic E-state index is 11.8. The van der Waals surface area contributed by atoms with Crippen molar-refractivity contribution in [1.29, 1.82) is 0 Å². The third-order valence-corrected chi connectivity index (χ3v) is 4.65. The molecule has 0 fully saturated rings. The molecule has 21 heavy (non-hydrogen) atoms. The molecule has 1 N–H and O–H groups in total. The molecule has 0 aliphatic carbocycles. The van der Waals surface area contributed by atoms with Crippen LogP contribution in [0.5, 0.6) is 5.75 Å². The summed E-state index contributed by atoms with van der Waals surface area (Å²) in [6.07, 6.45) is 0. The number of amides is 1. The number of carbonyl (C=O) groups is 1. The highest BCUT2D eigenvalue weighted by Crippen LogP contribution is 2.31. The number of fused-ring (bicyclic) bond motifs is 1. The van der Waals surface area contributed by atoms with Crippen molar-refractivity contribution in [1.82, 2.24) is 10.3 Å². The Morgan fingerprint density at radius 1 is 1.43 bits per heavy atom. The van der Waals surface area contributed by atoms with Gasteiger partial charge in [-0.3, -0.25) is 4.79 Å². The van der Waals surface area contributed by atoms with E-state index in [4.69, 9.17) is 4.74 Å². The molecule has 0 saturated carbocycles. The Bertz CT molecular complexity index is 632.